The minimum Gasteiger partial charge on any atom is -0.457 e. The molecule has 0 saturated carbocycles. The first-order valence-corrected chi connectivity index (χ1v) is 7.45. The number of aromatic nitrogens is 1. The van der Waals surface area contributed by atoms with Gasteiger partial charge in [-0.25, -0.2) is 0 Å². The van der Waals surface area contributed by atoms with E-state index in [1.165, 1.54) is 18.3 Å². The number of carbonyl (C=O) groups is 1. The summed E-state index contributed by atoms with van der Waals surface area (Å²) in [7, 11) is 0. The molecule has 0 aliphatic rings. The Labute approximate surface area is 138 Å². The first-order chi connectivity index (χ1) is 11.6. The topological polar surface area (TPSA) is 71.2 Å². The predicted octanol–water partition coefficient (Wildman–Crippen LogP) is 3.73. The molecule has 0 saturated heterocycles. The lowest BCUT2D eigenvalue weighted by atomic mass is 10.2. The maximum Gasteiger partial charge on any atom is 0.257 e. The van der Waals surface area contributed by atoms with E-state index in [9.17, 15) is 9.59 Å². The van der Waals surface area contributed by atoms with Gasteiger partial charge >= 0.3 is 0 Å². The highest BCUT2D eigenvalue weighted by Gasteiger charge is 2.06. The maximum absolute atomic E-state index is 12.1. The number of H-pyrrole nitrogens is 1. The van der Waals surface area contributed by atoms with Crippen molar-refractivity contribution in [1.82, 2.24) is 4.98 Å². The van der Waals surface area contributed by atoms with Crippen LogP contribution in [0.15, 0.2) is 71.7 Å². The van der Waals surface area contributed by atoms with E-state index in [4.69, 9.17) is 4.74 Å². The van der Waals surface area contributed by atoms with E-state index < -0.39 is 0 Å². The molecule has 0 radical (unpaired) electrons. The van der Waals surface area contributed by atoms with Crippen LogP contribution in [0, 0.1) is 6.92 Å². The molecular weight excluding hydrogens is 304 g/mol. The van der Waals surface area contributed by atoms with Crippen molar-refractivity contribution in [2.24, 2.45) is 0 Å². The number of benzene rings is 2. The van der Waals surface area contributed by atoms with Crippen LogP contribution in [0.25, 0.3) is 0 Å². The van der Waals surface area contributed by atoms with Crippen molar-refractivity contribution in [3.63, 3.8) is 0 Å². The second-order valence-electron chi connectivity index (χ2n) is 5.34. The Morgan fingerprint density at radius 2 is 1.79 bits per heavy atom. The van der Waals surface area contributed by atoms with Crippen molar-refractivity contribution in [1.29, 1.82) is 0 Å². The number of hydrogen-bond donors (Lipinski definition) is 2. The molecular formula is C19H16N2O3. The van der Waals surface area contributed by atoms with Crippen LogP contribution in [0.5, 0.6) is 11.5 Å². The van der Waals surface area contributed by atoms with Gasteiger partial charge in [-0.1, -0.05) is 12.1 Å². The molecule has 1 aromatic heterocycles. The molecule has 5 nitrogen and oxygen atoms in total. The van der Waals surface area contributed by atoms with Gasteiger partial charge in [-0.3, -0.25) is 9.59 Å². The molecule has 0 bridgehead atoms. The number of rotatable bonds is 4. The standard InChI is InChI=1S/C19H16N2O3/c1-13-3-2-4-17(11-13)24-16-8-6-15(7-9-16)21-19(23)14-5-10-18(22)20-12-14/h2-12H,1H3,(H,20,22)(H,21,23). The molecule has 0 atom stereocenters. The van der Waals surface area contributed by atoms with Gasteiger partial charge in [0.1, 0.15) is 11.5 Å². The summed E-state index contributed by atoms with van der Waals surface area (Å²) in [5.41, 5.74) is 1.90. The maximum atomic E-state index is 12.1. The molecule has 0 fully saturated rings. The number of carbonyl (C=O) groups excluding carboxylic acids is 1. The van der Waals surface area contributed by atoms with Crippen molar-refractivity contribution < 1.29 is 9.53 Å². The Bertz CT molecular complexity index is 894. The summed E-state index contributed by atoms with van der Waals surface area (Å²) in [4.78, 5) is 25.6. The molecule has 1 heterocycles. The van der Waals surface area contributed by atoms with Gasteiger partial charge in [0.2, 0.25) is 5.56 Å². The first kappa shape index (κ1) is 15.6. The number of aryl methyl sites for hydroxylation is 1. The highest BCUT2D eigenvalue weighted by atomic mass is 16.5. The Morgan fingerprint density at radius 1 is 1.00 bits per heavy atom. The average molecular weight is 320 g/mol. The zero-order valence-corrected chi connectivity index (χ0v) is 13.1. The van der Waals surface area contributed by atoms with Crippen LogP contribution in [0.4, 0.5) is 5.69 Å². The number of nitrogens with one attached hydrogen (secondary N) is 2. The Hall–Kier alpha value is -3.34. The van der Waals surface area contributed by atoms with Crippen molar-refractivity contribution in [3.05, 3.63) is 88.3 Å². The fourth-order valence-electron chi connectivity index (χ4n) is 2.18. The Morgan fingerprint density at radius 3 is 2.46 bits per heavy atom. The highest BCUT2D eigenvalue weighted by molar-refractivity contribution is 6.04. The quantitative estimate of drug-likeness (QED) is 0.769. The third-order valence-electron chi connectivity index (χ3n) is 3.38. The van der Waals surface area contributed by atoms with Gasteiger partial charge < -0.3 is 15.0 Å². The van der Waals surface area contributed by atoms with Crippen LogP contribution >= 0.6 is 0 Å². The lowest BCUT2D eigenvalue weighted by molar-refractivity contribution is 0.102. The van der Waals surface area contributed by atoms with Gasteiger partial charge in [0, 0.05) is 18.0 Å². The third kappa shape index (κ3) is 3.89. The summed E-state index contributed by atoms with van der Waals surface area (Å²) in [6.45, 7) is 2.00. The SMILES string of the molecule is Cc1cccc(Oc2ccc(NC(=O)c3ccc(=O)[nH]c3)cc2)c1. The van der Waals surface area contributed by atoms with Gasteiger partial charge in [-0.15, -0.1) is 0 Å². The monoisotopic (exact) mass is 320 g/mol. The third-order valence-corrected chi connectivity index (χ3v) is 3.38. The number of ether oxygens (including phenoxy) is 1. The van der Waals surface area contributed by atoms with Crippen LogP contribution in [0.2, 0.25) is 0 Å². The summed E-state index contributed by atoms with van der Waals surface area (Å²) in [5.74, 6) is 1.15. The average Bonchev–Trinajstić information content (AvgIpc) is 2.57. The lowest BCUT2D eigenvalue weighted by Crippen LogP contribution is -2.14. The first-order valence-electron chi connectivity index (χ1n) is 7.45. The molecule has 0 aliphatic carbocycles. The van der Waals surface area contributed by atoms with Crippen molar-refractivity contribution in [2.45, 2.75) is 6.92 Å². The second kappa shape index (κ2) is 6.83. The van der Waals surface area contributed by atoms with E-state index in [2.05, 4.69) is 10.3 Å². The summed E-state index contributed by atoms with van der Waals surface area (Å²) in [6, 6.07) is 17.6. The summed E-state index contributed by atoms with van der Waals surface area (Å²) in [5, 5.41) is 2.76. The molecule has 2 N–H and O–H groups in total. The van der Waals surface area contributed by atoms with Gasteiger partial charge in [0.05, 0.1) is 5.56 Å². The van der Waals surface area contributed by atoms with Crippen LogP contribution in [-0.4, -0.2) is 10.9 Å². The van der Waals surface area contributed by atoms with E-state index in [-0.39, 0.29) is 11.5 Å². The van der Waals surface area contributed by atoms with Crippen molar-refractivity contribution in [2.75, 3.05) is 5.32 Å². The van der Waals surface area contributed by atoms with Crippen LogP contribution in [-0.2, 0) is 0 Å². The molecule has 2 aromatic carbocycles. The molecule has 3 aromatic rings. The smallest absolute Gasteiger partial charge is 0.257 e. The summed E-state index contributed by atoms with van der Waals surface area (Å²) < 4.78 is 5.76. The zero-order chi connectivity index (χ0) is 16.9. The molecule has 24 heavy (non-hydrogen) atoms. The Kier molecular flexibility index (Phi) is 4.43. The van der Waals surface area contributed by atoms with E-state index in [1.54, 1.807) is 24.3 Å². The van der Waals surface area contributed by atoms with Crippen molar-refractivity contribution in [3.8, 4) is 11.5 Å². The van der Waals surface area contributed by atoms with E-state index >= 15 is 0 Å². The van der Waals surface area contributed by atoms with Crippen LogP contribution in [0.3, 0.4) is 0 Å². The molecule has 0 aliphatic heterocycles. The number of hydrogen-bond acceptors (Lipinski definition) is 3. The molecule has 3 rings (SSSR count). The van der Waals surface area contributed by atoms with E-state index in [0.717, 1.165) is 11.3 Å². The summed E-state index contributed by atoms with van der Waals surface area (Å²) >= 11 is 0. The predicted molar refractivity (Wildman–Crippen MR) is 92.7 cm³/mol. The highest BCUT2D eigenvalue weighted by Crippen LogP contribution is 2.23. The molecule has 0 spiro atoms. The normalized spacial score (nSPS) is 10.2. The van der Waals surface area contributed by atoms with Crippen LogP contribution < -0.4 is 15.6 Å². The molecule has 5 heteroatoms. The molecule has 1 amide bonds. The Balaban J connectivity index is 1.67. The summed E-state index contributed by atoms with van der Waals surface area (Å²) in [6.07, 6.45) is 1.38. The van der Waals surface area contributed by atoms with Gasteiger partial charge in [0.15, 0.2) is 0 Å². The zero-order valence-electron chi connectivity index (χ0n) is 13.1. The minimum absolute atomic E-state index is 0.246. The fraction of sp³-hybridized carbons (Fsp3) is 0.0526. The largest absolute Gasteiger partial charge is 0.457 e. The lowest BCUT2D eigenvalue weighted by Gasteiger charge is -2.08. The van der Waals surface area contributed by atoms with E-state index in [0.29, 0.717) is 17.0 Å². The van der Waals surface area contributed by atoms with Crippen molar-refractivity contribution >= 4 is 11.6 Å². The van der Waals surface area contributed by atoms with Gasteiger partial charge in [-0.2, -0.15) is 0 Å². The van der Waals surface area contributed by atoms with E-state index in [1.807, 2.05) is 31.2 Å². The number of amides is 1. The van der Waals surface area contributed by atoms with Crippen LogP contribution in [0.1, 0.15) is 15.9 Å². The second-order valence-corrected chi connectivity index (χ2v) is 5.34. The molecule has 120 valence electrons. The number of pyridine rings is 1. The number of anilines is 1. The van der Waals surface area contributed by atoms with Gasteiger partial charge in [0.25, 0.3) is 5.91 Å². The minimum atomic E-state index is -0.293. The number of aromatic amines is 1. The van der Waals surface area contributed by atoms with Gasteiger partial charge in [-0.05, 0) is 55.0 Å². The molecule has 0 unspecified atom stereocenters. The fourth-order valence-corrected chi connectivity index (χ4v) is 2.18.